The van der Waals surface area contributed by atoms with Gasteiger partial charge in [0.15, 0.2) is 0 Å². The monoisotopic (exact) mass is 291 g/mol. The van der Waals surface area contributed by atoms with Crippen LogP contribution in [0.15, 0.2) is 12.4 Å². The van der Waals surface area contributed by atoms with Crippen molar-refractivity contribution >= 4 is 0 Å². The Morgan fingerprint density at radius 1 is 1.19 bits per heavy atom. The van der Waals surface area contributed by atoms with Gasteiger partial charge in [0, 0.05) is 50.7 Å². The highest BCUT2D eigenvalue weighted by atomic mass is 16.5. The number of imidazole rings is 1. The minimum absolute atomic E-state index is 0.555. The van der Waals surface area contributed by atoms with Gasteiger partial charge in [-0.3, -0.25) is 4.90 Å². The average molecular weight is 291 g/mol. The fraction of sp³-hybridized carbons (Fsp3) is 0.812. The van der Waals surface area contributed by atoms with E-state index in [9.17, 15) is 0 Å². The van der Waals surface area contributed by atoms with E-state index in [0.29, 0.717) is 12.0 Å². The molecule has 2 aliphatic heterocycles. The lowest BCUT2D eigenvalue weighted by molar-refractivity contribution is 0.0599. The molecule has 116 valence electrons. The summed E-state index contributed by atoms with van der Waals surface area (Å²) in [6, 6.07) is 0.555. The highest BCUT2D eigenvalue weighted by Gasteiger charge is 2.30. The van der Waals surface area contributed by atoms with Gasteiger partial charge in [0.2, 0.25) is 0 Å². The van der Waals surface area contributed by atoms with Crippen LogP contribution in [0.25, 0.3) is 0 Å². The zero-order chi connectivity index (χ0) is 14.1. The van der Waals surface area contributed by atoms with E-state index in [-0.39, 0.29) is 0 Å². The van der Waals surface area contributed by atoms with Crippen molar-refractivity contribution in [2.24, 2.45) is 11.8 Å². The Morgan fingerprint density at radius 2 is 2.10 bits per heavy atom. The third kappa shape index (κ3) is 3.30. The van der Waals surface area contributed by atoms with Crippen molar-refractivity contribution in [1.29, 1.82) is 0 Å². The molecule has 1 aromatic heterocycles. The summed E-state index contributed by atoms with van der Waals surface area (Å²) < 4.78 is 13.8. The number of hydrogen-bond donors (Lipinski definition) is 0. The van der Waals surface area contributed by atoms with Crippen molar-refractivity contribution < 1.29 is 9.47 Å². The maximum absolute atomic E-state index is 5.96. The lowest BCUT2D eigenvalue weighted by atomic mass is 10.1. The predicted octanol–water partition coefficient (Wildman–Crippen LogP) is 1.53. The summed E-state index contributed by atoms with van der Waals surface area (Å²) >= 11 is 0. The summed E-state index contributed by atoms with van der Waals surface area (Å²) in [6.45, 7) is 6.68. The Morgan fingerprint density at radius 3 is 2.90 bits per heavy atom. The fourth-order valence-corrected chi connectivity index (χ4v) is 3.45. The van der Waals surface area contributed by atoms with Crippen molar-refractivity contribution in [2.75, 3.05) is 33.0 Å². The van der Waals surface area contributed by atoms with Crippen molar-refractivity contribution in [3.05, 3.63) is 18.2 Å². The summed E-state index contributed by atoms with van der Waals surface area (Å²) in [4.78, 5) is 7.09. The van der Waals surface area contributed by atoms with Gasteiger partial charge in [0.05, 0.1) is 19.8 Å². The van der Waals surface area contributed by atoms with Gasteiger partial charge in [0.1, 0.15) is 5.82 Å². The molecule has 3 aliphatic rings. The summed E-state index contributed by atoms with van der Waals surface area (Å²) in [5.74, 6) is 2.59. The molecule has 1 aliphatic carbocycles. The molecule has 2 fully saturated rings. The molecule has 5 nitrogen and oxygen atoms in total. The van der Waals surface area contributed by atoms with Gasteiger partial charge in [-0.1, -0.05) is 0 Å². The molecule has 0 bridgehead atoms. The van der Waals surface area contributed by atoms with Crippen LogP contribution in [0.3, 0.4) is 0 Å². The molecular weight excluding hydrogens is 266 g/mol. The predicted molar refractivity (Wildman–Crippen MR) is 78.9 cm³/mol. The van der Waals surface area contributed by atoms with E-state index in [4.69, 9.17) is 9.47 Å². The maximum atomic E-state index is 5.96. The third-order valence-electron chi connectivity index (χ3n) is 4.92. The molecule has 0 unspecified atom stereocenters. The van der Waals surface area contributed by atoms with Crippen LogP contribution in [0.5, 0.6) is 0 Å². The van der Waals surface area contributed by atoms with Crippen molar-refractivity contribution in [3.63, 3.8) is 0 Å². The molecule has 2 atom stereocenters. The first-order valence-corrected chi connectivity index (χ1v) is 8.28. The normalized spacial score (nSPS) is 30.3. The molecule has 0 amide bonds. The van der Waals surface area contributed by atoms with Gasteiger partial charge in [0.25, 0.3) is 0 Å². The average Bonchev–Trinajstić information content (AvgIpc) is 3.01. The van der Waals surface area contributed by atoms with Crippen LogP contribution in [-0.2, 0) is 22.6 Å². The smallest absolute Gasteiger partial charge is 0.122 e. The molecule has 21 heavy (non-hydrogen) atoms. The highest BCUT2D eigenvalue weighted by molar-refractivity contribution is 4.97. The molecule has 0 spiro atoms. The van der Waals surface area contributed by atoms with E-state index in [2.05, 4.69) is 20.6 Å². The van der Waals surface area contributed by atoms with Gasteiger partial charge in [-0.2, -0.15) is 0 Å². The Kier molecular flexibility index (Phi) is 3.97. The second kappa shape index (κ2) is 6.07. The van der Waals surface area contributed by atoms with Crippen molar-refractivity contribution in [3.8, 4) is 0 Å². The molecule has 0 aromatic carbocycles. The van der Waals surface area contributed by atoms with Crippen molar-refractivity contribution in [1.82, 2.24) is 14.5 Å². The second-order valence-electron chi connectivity index (χ2n) is 6.79. The van der Waals surface area contributed by atoms with Gasteiger partial charge in [-0.15, -0.1) is 0 Å². The number of aromatic nitrogens is 2. The van der Waals surface area contributed by atoms with Crippen LogP contribution in [0, 0.1) is 11.8 Å². The molecule has 1 saturated carbocycles. The van der Waals surface area contributed by atoms with Gasteiger partial charge >= 0.3 is 0 Å². The van der Waals surface area contributed by atoms with E-state index >= 15 is 0 Å². The Bertz CT molecular complexity index is 466. The molecular formula is C16H25N3O2. The van der Waals surface area contributed by atoms with Gasteiger partial charge in [-0.05, 0) is 25.2 Å². The lowest BCUT2D eigenvalue weighted by Gasteiger charge is -2.28. The quantitative estimate of drug-likeness (QED) is 0.825. The third-order valence-corrected chi connectivity index (χ3v) is 4.92. The summed E-state index contributed by atoms with van der Waals surface area (Å²) in [7, 11) is 0. The van der Waals surface area contributed by atoms with E-state index in [1.807, 2.05) is 6.20 Å². The number of fused-ring (bicyclic) bond motifs is 1. The molecule has 4 rings (SSSR count). The fourth-order valence-electron chi connectivity index (χ4n) is 3.45. The molecule has 1 saturated heterocycles. The van der Waals surface area contributed by atoms with Crippen LogP contribution >= 0.6 is 0 Å². The van der Waals surface area contributed by atoms with Gasteiger partial charge in [-0.25, -0.2) is 4.98 Å². The summed E-state index contributed by atoms with van der Waals surface area (Å²) in [5.41, 5.74) is 0. The minimum Gasteiger partial charge on any atom is -0.381 e. The molecule has 0 radical (unpaired) electrons. The first kappa shape index (κ1) is 13.7. The largest absolute Gasteiger partial charge is 0.381 e. The van der Waals surface area contributed by atoms with Crippen LogP contribution in [0.4, 0.5) is 0 Å². The zero-order valence-corrected chi connectivity index (χ0v) is 12.6. The standard InChI is InChI=1S/C16H25N3O2/c1-2-13(1)10-21-11-14-7-18-5-4-17-16(18)9-19(8-14)15-3-6-20-12-15/h4-5,13-15H,1-3,6-12H2/t14-,15+/m0/s1. The van der Waals surface area contributed by atoms with E-state index in [1.54, 1.807) is 0 Å². The lowest BCUT2D eigenvalue weighted by Crippen LogP contribution is -2.39. The number of ether oxygens (including phenoxy) is 2. The highest BCUT2D eigenvalue weighted by Crippen LogP contribution is 2.29. The first-order valence-electron chi connectivity index (χ1n) is 8.28. The second-order valence-corrected chi connectivity index (χ2v) is 6.79. The SMILES string of the molecule is c1cn2c(n1)CN([C@@H]1CCOC1)C[C@@H](COCC1CC1)C2. The number of nitrogens with zero attached hydrogens (tertiary/aromatic N) is 3. The Hall–Kier alpha value is -0.910. The maximum Gasteiger partial charge on any atom is 0.122 e. The topological polar surface area (TPSA) is 39.5 Å². The van der Waals surface area contributed by atoms with Crippen molar-refractivity contribution in [2.45, 2.75) is 38.4 Å². The van der Waals surface area contributed by atoms with E-state index in [1.165, 1.54) is 18.7 Å². The Labute approximate surface area is 126 Å². The Balaban J connectivity index is 1.42. The van der Waals surface area contributed by atoms with Crippen LogP contribution in [-0.4, -0.2) is 53.5 Å². The van der Waals surface area contributed by atoms with Crippen LogP contribution in [0.1, 0.15) is 25.1 Å². The molecule has 0 N–H and O–H groups in total. The number of rotatable bonds is 5. The van der Waals surface area contributed by atoms with E-state index in [0.717, 1.165) is 58.4 Å². The zero-order valence-electron chi connectivity index (χ0n) is 12.6. The first-order chi connectivity index (χ1) is 10.4. The molecule has 1 aromatic rings. The number of hydrogen-bond acceptors (Lipinski definition) is 4. The van der Waals surface area contributed by atoms with E-state index < -0.39 is 0 Å². The minimum atomic E-state index is 0.555. The van der Waals surface area contributed by atoms with Gasteiger partial charge < -0.3 is 14.0 Å². The molecule has 3 heterocycles. The summed E-state index contributed by atoms with van der Waals surface area (Å²) in [6.07, 6.45) is 7.91. The van der Waals surface area contributed by atoms with Crippen LogP contribution < -0.4 is 0 Å². The summed E-state index contributed by atoms with van der Waals surface area (Å²) in [5, 5.41) is 0. The molecule has 5 heteroatoms. The van der Waals surface area contributed by atoms with Crippen LogP contribution in [0.2, 0.25) is 0 Å².